The Morgan fingerprint density at radius 3 is 2.80 bits per heavy atom. The van der Waals surface area contributed by atoms with Gasteiger partial charge in [-0.2, -0.15) is 4.73 Å². The fraction of sp³-hybridized carbons (Fsp3) is 0. The molecule has 0 spiro atoms. The summed E-state index contributed by atoms with van der Waals surface area (Å²) < 4.78 is 1.05. The highest BCUT2D eigenvalue weighted by Crippen LogP contribution is 2.08. The fourth-order valence-corrected chi connectivity index (χ4v) is 0.652. The summed E-state index contributed by atoms with van der Waals surface area (Å²) in [6.07, 6.45) is 1.27. The third kappa shape index (κ3) is 1.14. The largest absolute Gasteiger partial charge is 0.429 e. The number of hydrogen-bond acceptors (Lipinski definition) is 2. The number of nitrogens with zero attached hydrogens (tertiary/aromatic N) is 2. The van der Waals surface area contributed by atoms with Crippen LogP contribution >= 0.6 is 12.2 Å². The average molecular weight is 152 g/mol. The molecule has 0 bridgehead atoms. The van der Waals surface area contributed by atoms with Crippen molar-refractivity contribution in [3.63, 3.8) is 0 Å². The molecule has 0 atom stereocenters. The normalized spacial score (nSPS) is 8.70. The second-order valence-corrected chi connectivity index (χ2v) is 2.10. The molecule has 0 saturated heterocycles. The van der Waals surface area contributed by atoms with Crippen molar-refractivity contribution in [2.24, 2.45) is 0 Å². The number of hydrogen-bond donors (Lipinski definition) is 1. The molecule has 4 heteroatoms. The highest BCUT2D eigenvalue weighted by atomic mass is 32.1. The Bertz CT molecular complexity index is 336. The van der Waals surface area contributed by atoms with Crippen molar-refractivity contribution in [3.8, 4) is 0 Å². The van der Waals surface area contributed by atoms with Gasteiger partial charge in [0.2, 0.25) is 5.69 Å². The zero-order valence-corrected chi connectivity index (χ0v) is 5.80. The van der Waals surface area contributed by atoms with Crippen LogP contribution in [0.1, 0.15) is 0 Å². The van der Waals surface area contributed by atoms with E-state index in [-0.39, 0.29) is 0 Å². The minimum Gasteiger partial charge on any atom is -0.429 e. The van der Waals surface area contributed by atoms with E-state index in [9.17, 15) is 0 Å². The van der Waals surface area contributed by atoms with Crippen molar-refractivity contribution < 1.29 is 5.21 Å². The van der Waals surface area contributed by atoms with Crippen molar-refractivity contribution in [1.82, 2.24) is 4.73 Å². The molecule has 1 aromatic heterocycles. The first kappa shape index (κ1) is 6.78. The summed E-state index contributed by atoms with van der Waals surface area (Å²) in [5.41, 5.74) is 0.371. The number of rotatable bonds is 0. The SMILES string of the molecule is [C-]#[N+]c1ccc(=S)n(O)c1. The van der Waals surface area contributed by atoms with E-state index in [1.165, 1.54) is 12.3 Å². The summed E-state index contributed by atoms with van der Waals surface area (Å²) in [7, 11) is 0. The predicted octanol–water partition coefficient (Wildman–Crippen LogP) is 2.01. The molecule has 0 amide bonds. The van der Waals surface area contributed by atoms with Crippen LogP contribution in [0.4, 0.5) is 5.69 Å². The summed E-state index contributed by atoms with van der Waals surface area (Å²) in [4.78, 5) is 3.10. The van der Waals surface area contributed by atoms with Gasteiger partial charge in [0.15, 0.2) is 0 Å². The van der Waals surface area contributed by atoms with E-state index in [0.29, 0.717) is 10.3 Å². The molecular formula is C6H4N2OS. The quantitative estimate of drug-likeness (QED) is 0.350. The third-order valence-electron chi connectivity index (χ3n) is 1.01. The molecule has 1 rings (SSSR count). The smallest absolute Gasteiger partial charge is 0.206 e. The van der Waals surface area contributed by atoms with E-state index in [0.717, 1.165) is 4.73 Å². The molecule has 0 unspecified atom stereocenters. The zero-order valence-electron chi connectivity index (χ0n) is 4.98. The van der Waals surface area contributed by atoms with Crippen LogP contribution < -0.4 is 0 Å². The molecule has 1 heterocycles. The van der Waals surface area contributed by atoms with E-state index in [1.807, 2.05) is 0 Å². The van der Waals surface area contributed by atoms with Gasteiger partial charge in [-0.25, -0.2) is 4.85 Å². The van der Waals surface area contributed by atoms with Crippen LogP contribution in [0.3, 0.4) is 0 Å². The Morgan fingerprint density at radius 1 is 1.60 bits per heavy atom. The van der Waals surface area contributed by atoms with E-state index >= 15 is 0 Å². The first-order valence-corrected chi connectivity index (χ1v) is 2.94. The lowest BCUT2D eigenvalue weighted by molar-refractivity contribution is 0.181. The van der Waals surface area contributed by atoms with E-state index in [2.05, 4.69) is 17.1 Å². The van der Waals surface area contributed by atoms with Gasteiger partial charge in [0.25, 0.3) is 0 Å². The zero-order chi connectivity index (χ0) is 7.56. The van der Waals surface area contributed by atoms with Crippen LogP contribution in [-0.2, 0) is 0 Å². The lowest BCUT2D eigenvalue weighted by atomic mass is 10.4. The van der Waals surface area contributed by atoms with Gasteiger partial charge in [0, 0.05) is 0 Å². The Balaban J connectivity index is 3.34. The summed E-state index contributed by atoms with van der Waals surface area (Å²) in [5.74, 6) is 0. The van der Waals surface area contributed by atoms with Crippen molar-refractivity contribution >= 4 is 17.9 Å². The monoisotopic (exact) mass is 152 g/mol. The molecule has 0 radical (unpaired) electrons. The van der Waals surface area contributed by atoms with Crippen LogP contribution in [0, 0.1) is 11.2 Å². The maximum Gasteiger partial charge on any atom is 0.206 e. The summed E-state index contributed by atoms with van der Waals surface area (Å²) in [6.45, 7) is 6.58. The second kappa shape index (κ2) is 2.50. The Morgan fingerprint density at radius 2 is 2.30 bits per heavy atom. The maximum atomic E-state index is 8.90. The van der Waals surface area contributed by atoms with Crippen molar-refractivity contribution in [2.45, 2.75) is 0 Å². The number of pyridine rings is 1. The highest BCUT2D eigenvalue weighted by molar-refractivity contribution is 7.71. The first-order chi connectivity index (χ1) is 4.74. The highest BCUT2D eigenvalue weighted by Gasteiger charge is 1.90. The van der Waals surface area contributed by atoms with Crippen molar-refractivity contribution in [3.05, 3.63) is 34.4 Å². The topological polar surface area (TPSA) is 29.5 Å². The van der Waals surface area contributed by atoms with E-state index in [4.69, 9.17) is 11.8 Å². The molecule has 1 aromatic rings. The molecule has 50 valence electrons. The van der Waals surface area contributed by atoms with Gasteiger partial charge in [-0.1, -0.05) is 18.3 Å². The van der Waals surface area contributed by atoms with Crippen molar-refractivity contribution in [1.29, 1.82) is 0 Å². The van der Waals surface area contributed by atoms with Gasteiger partial charge in [0.1, 0.15) is 4.64 Å². The van der Waals surface area contributed by atoms with Crippen LogP contribution in [-0.4, -0.2) is 9.94 Å². The summed E-state index contributed by atoms with van der Waals surface area (Å²) >= 11 is 4.67. The molecule has 0 aliphatic rings. The average Bonchev–Trinajstić information content (AvgIpc) is 1.95. The lowest BCUT2D eigenvalue weighted by Gasteiger charge is -1.94. The Hall–Kier alpha value is -1.34. The molecule has 3 nitrogen and oxygen atoms in total. The minimum atomic E-state index is 0.299. The van der Waals surface area contributed by atoms with E-state index in [1.54, 1.807) is 6.07 Å². The standard InChI is InChI=1S/C6H4N2OS/c1-7-5-2-3-6(10)8(9)4-5/h2-4,9H. The Labute approximate surface area is 62.9 Å². The predicted molar refractivity (Wildman–Crippen MR) is 38.7 cm³/mol. The summed E-state index contributed by atoms with van der Waals surface area (Å²) in [6, 6.07) is 3.06. The van der Waals surface area contributed by atoms with Gasteiger partial charge in [-0.15, -0.1) is 0 Å². The molecule has 0 aliphatic heterocycles. The van der Waals surface area contributed by atoms with Gasteiger partial charge in [-0.05, 0) is 6.07 Å². The molecule has 10 heavy (non-hydrogen) atoms. The molecule has 0 aliphatic carbocycles. The second-order valence-electron chi connectivity index (χ2n) is 1.68. The van der Waals surface area contributed by atoms with Crippen LogP contribution in [0.5, 0.6) is 0 Å². The maximum absolute atomic E-state index is 8.90. The number of aromatic nitrogens is 1. The van der Waals surface area contributed by atoms with Gasteiger partial charge < -0.3 is 5.21 Å². The van der Waals surface area contributed by atoms with Crippen LogP contribution in [0.2, 0.25) is 0 Å². The molecule has 0 saturated carbocycles. The van der Waals surface area contributed by atoms with E-state index < -0.39 is 0 Å². The fourth-order valence-electron chi connectivity index (χ4n) is 0.531. The first-order valence-electron chi connectivity index (χ1n) is 2.53. The van der Waals surface area contributed by atoms with Crippen molar-refractivity contribution in [2.75, 3.05) is 0 Å². The van der Waals surface area contributed by atoms with Crippen LogP contribution in [0.15, 0.2) is 18.3 Å². The van der Waals surface area contributed by atoms with Gasteiger partial charge >= 0.3 is 0 Å². The van der Waals surface area contributed by atoms with Gasteiger partial charge in [0.05, 0.1) is 12.8 Å². The third-order valence-corrected chi connectivity index (χ3v) is 1.33. The van der Waals surface area contributed by atoms with Crippen LogP contribution in [0.25, 0.3) is 4.85 Å². The molecular weight excluding hydrogens is 148 g/mol. The molecule has 0 aromatic carbocycles. The summed E-state index contributed by atoms with van der Waals surface area (Å²) in [5, 5.41) is 8.90. The Kier molecular flexibility index (Phi) is 1.69. The lowest BCUT2D eigenvalue weighted by Crippen LogP contribution is -1.90. The minimum absolute atomic E-state index is 0.299. The molecule has 0 fully saturated rings. The molecule has 1 N–H and O–H groups in total. The van der Waals surface area contributed by atoms with Gasteiger partial charge in [-0.3, -0.25) is 0 Å².